The molecule has 3 rings (SSSR count). The topological polar surface area (TPSA) is 38.8 Å². The van der Waals surface area contributed by atoms with E-state index in [0.717, 1.165) is 37.4 Å². The first kappa shape index (κ1) is 17.3. The molecule has 1 fully saturated rings. The summed E-state index contributed by atoms with van der Waals surface area (Å²) in [5, 5.41) is 0. The van der Waals surface area contributed by atoms with E-state index in [0.29, 0.717) is 12.2 Å². The fraction of sp³-hybridized carbons (Fsp3) is 0.650. The number of fused-ring (bicyclic) bond motifs is 3. The monoisotopic (exact) mass is 331 g/mol. The molecule has 4 nitrogen and oxygen atoms in total. The van der Waals surface area contributed by atoms with E-state index in [2.05, 4.69) is 37.8 Å². The maximum Gasteiger partial charge on any atom is 0.161 e. The second kappa shape index (κ2) is 6.40. The molecule has 0 N–H and O–H groups in total. The Morgan fingerprint density at radius 1 is 1.17 bits per heavy atom. The molecule has 2 atom stereocenters. The lowest BCUT2D eigenvalue weighted by Gasteiger charge is -2.44. The zero-order valence-corrected chi connectivity index (χ0v) is 15.5. The highest BCUT2D eigenvalue weighted by Gasteiger charge is 2.39. The highest BCUT2D eigenvalue weighted by atomic mass is 16.5. The van der Waals surface area contributed by atoms with Crippen LogP contribution in [-0.4, -0.2) is 38.0 Å². The molecule has 0 aromatic heterocycles. The van der Waals surface area contributed by atoms with Gasteiger partial charge in [0.1, 0.15) is 5.78 Å². The van der Waals surface area contributed by atoms with Crippen LogP contribution in [-0.2, 0) is 11.2 Å². The van der Waals surface area contributed by atoms with E-state index < -0.39 is 0 Å². The quantitative estimate of drug-likeness (QED) is 0.848. The van der Waals surface area contributed by atoms with Gasteiger partial charge in [-0.2, -0.15) is 0 Å². The number of ketones is 1. The molecule has 0 spiro atoms. The average Bonchev–Trinajstić information content (AvgIpc) is 2.53. The molecule has 2 aliphatic rings. The highest BCUT2D eigenvalue weighted by molar-refractivity contribution is 5.83. The standard InChI is InChI=1S/C20H29NO3/c1-20(2,3)11-14-12-21-7-6-13-8-18(23-4)19(24-5)9-15(13)16(21)10-17(14)22/h8-9,14,16H,6-7,10-12H2,1-5H3/t14-,16+/m1/s1. The van der Waals surface area contributed by atoms with E-state index in [1.54, 1.807) is 14.2 Å². The third-order valence-electron chi connectivity index (χ3n) is 5.28. The Morgan fingerprint density at radius 3 is 2.46 bits per heavy atom. The van der Waals surface area contributed by atoms with Crippen molar-refractivity contribution in [3.8, 4) is 11.5 Å². The molecular weight excluding hydrogens is 302 g/mol. The van der Waals surface area contributed by atoms with Gasteiger partial charge in [-0.3, -0.25) is 9.69 Å². The SMILES string of the molecule is COc1cc2c(cc1OC)[C@@H]1CC(=O)[C@H](CC(C)(C)C)CN1CC2. The maximum atomic E-state index is 12.7. The van der Waals surface area contributed by atoms with Crippen molar-refractivity contribution in [1.29, 1.82) is 0 Å². The largest absolute Gasteiger partial charge is 0.493 e. The predicted octanol–water partition coefficient (Wildman–Crippen LogP) is 3.63. The predicted molar refractivity (Wildman–Crippen MR) is 94.8 cm³/mol. The first-order valence-corrected chi connectivity index (χ1v) is 8.84. The molecule has 0 unspecified atom stereocenters. The lowest BCUT2D eigenvalue weighted by molar-refractivity contribution is -0.130. The summed E-state index contributed by atoms with van der Waals surface area (Å²) in [4.78, 5) is 15.2. The number of ether oxygens (including phenoxy) is 2. The second-order valence-electron chi connectivity index (χ2n) is 8.30. The molecule has 0 radical (unpaired) electrons. The minimum atomic E-state index is 0.169. The molecule has 0 saturated carbocycles. The maximum absolute atomic E-state index is 12.7. The van der Waals surface area contributed by atoms with Crippen molar-refractivity contribution in [3.63, 3.8) is 0 Å². The third-order valence-corrected chi connectivity index (χ3v) is 5.28. The zero-order chi connectivity index (χ0) is 17.5. The Labute approximate surface area is 145 Å². The van der Waals surface area contributed by atoms with E-state index >= 15 is 0 Å². The highest BCUT2D eigenvalue weighted by Crippen LogP contribution is 2.43. The molecule has 1 aromatic carbocycles. The summed E-state index contributed by atoms with van der Waals surface area (Å²) >= 11 is 0. The van der Waals surface area contributed by atoms with Gasteiger partial charge in [0.25, 0.3) is 0 Å². The zero-order valence-electron chi connectivity index (χ0n) is 15.5. The summed E-state index contributed by atoms with van der Waals surface area (Å²) in [6.45, 7) is 8.55. The van der Waals surface area contributed by atoms with Crippen molar-refractivity contribution in [2.75, 3.05) is 27.3 Å². The Morgan fingerprint density at radius 2 is 1.83 bits per heavy atom. The first-order chi connectivity index (χ1) is 11.3. The summed E-state index contributed by atoms with van der Waals surface area (Å²) in [5.41, 5.74) is 2.72. The first-order valence-electron chi connectivity index (χ1n) is 8.84. The summed E-state index contributed by atoms with van der Waals surface area (Å²) in [6.07, 6.45) is 2.58. The molecule has 2 heterocycles. The van der Waals surface area contributed by atoms with Gasteiger partial charge in [0, 0.05) is 31.5 Å². The van der Waals surface area contributed by atoms with Gasteiger partial charge in [0.05, 0.1) is 14.2 Å². The number of rotatable bonds is 3. The summed E-state index contributed by atoms with van der Waals surface area (Å²) in [6, 6.07) is 4.34. The lowest BCUT2D eigenvalue weighted by atomic mass is 9.76. The smallest absolute Gasteiger partial charge is 0.161 e. The number of hydrogen-bond donors (Lipinski definition) is 0. The minimum Gasteiger partial charge on any atom is -0.493 e. The van der Waals surface area contributed by atoms with E-state index in [9.17, 15) is 4.79 Å². The van der Waals surface area contributed by atoms with Crippen molar-refractivity contribution in [2.24, 2.45) is 11.3 Å². The number of methoxy groups -OCH3 is 2. The van der Waals surface area contributed by atoms with Crippen LogP contribution in [0.15, 0.2) is 12.1 Å². The van der Waals surface area contributed by atoms with Crippen molar-refractivity contribution < 1.29 is 14.3 Å². The normalized spacial score (nSPS) is 24.3. The molecule has 2 aliphatic heterocycles. The molecule has 0 aliphatic carbocycles. The fourth-order valence-electron chi connectivity index (χ4n) is 4.20. The van der Waals surface area contributed by atoms with E-state index in [4.69, 9.17) is 9.47 Å². The van der Waals surface area contributed by atoms with Gasteiger partial charge in [-0.05, 0) is 41.5 Å². The van der Waals surface area contributed by atoms with Crippen LogP contribution in [0.2, 0.25) is 0 Å². The van der Waals surface area contributed by atoms with Crippen molar-refractivity contribution in [2.45, 2.75) is 46.1 Å². The Kier molecular flexibility index (Phi) is 4.60. The van der Waals surface area contributed by atoms with Crippen LogP contribution in [0.1, 0.15) is 50.8 Å². The van der Waals surface area contributed by atoms with Gasteiger partial charge in [0.15, 0.2) is 11.5 Å². The van der Waals surface area contributed by atoms with Gasteiger partial charge >= 0.3 is 0 Å². The number of Topliss-reactive ketones (excluding diaryl/α,β-unsaturated/α-hetero) is 1. The number of carbonyl (C=O) groups excluding carboxylic acids is 1. The molecule has 132 valence electrons. The van der Waals surface area contributed by atoms with Crippen molar-refractivity contribution in [1.82, 2.24) is 4.90 Å². The number of piperidine rings is 1. The Balaban J connectivity index is 1.87. The lowest BCUT2D eigenvalue weighted by Crippen LogP contribution is -2.47. The number of hydrogen-bond acceptors (Lipinski definition) is 4. The molecule has 4 heteroatoms. The van der Waals surface area contributed by atoms with Crippen LogP contribution in [0, 0.1) is 11.3 Å². The van der Waals surface area contributed by atoms with Crippen LogP contribution >= 0.6 is 0 Å². The van der Waals surface area contributed by atoms with Crippen LogP contribution < -0.4 is 9.47 Å². The third kappa shape index (κ3) is 3.30. The van der Waals surface area contributed by atoms with Gasteiger partial charge in [0.2, 0.25) is 0 Å². The van der Waals surface area contributed by atoms with Gasteiger partial charge in [-0.15, -0.1) is 0 Å². The van der Waals surface area contributed by atoms with E-state index in [-0.39, 0.29) is 17.4 Å². The van der Waals surface area contributed by atoms with E-state index in [1.807, 2.05) is 0 Å². The van der Waals surface area contributed by atoms with Crippen LogP contribution in [0.5, 0.6) is 11.5 Å². The van der Waals surface area contributed by atoms with Gasteiger partial charge in [-0.1, -0.05) is 20.8 Å². The van der Waals surface area contributed by atoms with Crippen LogP contribution in [0.25, 0.3) is 0 Å². The molecule has 24 heavy (non-hydrogen) atoms. The van der Waals surface area contributed by atoms with Gasteiger partial charge in [-0.25, -0.2) is 0 Å². The number of carbonyl (C=O) groups is 1. The Hall–Kier alpha value is -1.55. The fourth-order valence-corrected chi connectivity index (χ4v) is 4.20. The minimum absolute atomic E-state index is 0.169. The van der Waals surface area contributed by atoms with Crippen molar-refractivity contribution in [3.05, 3.63) is 23.3 Å². The molecular formula is C20H29NO3. The average molecular weight is 331 g/mol. The second-order valence-corrected chi connectivity index (χ2v) is 8.30. The van der Waals surface area contributed by atoms with Crippen molar-refractivity contribution >= 4 is 5.78 Å². The number of benzene rings is 1. The van der Waals surface area contributed by atoms with E-state index in [1.165, 1.54) is 11.1 Å². The summed E-state index contributed by atoms with van der Waals surface area (Å²) in [7, 11) is 3.33. The van der Waals surface area contributed by atoms with Crippen LogP contribution in [0.3, 0.4) is 0 Å². The summed E-state index contributed by atoms with van der Waals surface area (Å²) < 4.78 is 10.9. The van der Waals surface area contributed by atoms with Crippen LogP contribution in [0.4, 0.5) is 0 Å². The molecule has 1 saturated heterocycles. The summed E-state index contributed by atoms with van der Waals surface area (Å²) in [5.74, 6) is 2.11. The van der Waals surface area contributed by atoms with Gasteiger partial charge < -0.3 is 9.47 Å². The molecule has 1 aromatic rings. The Bertz CT molecular complexity index is 633. The molecule has 0 bridgehead atoms. The molecule has 0 amide bonds. The number of nitrogens with zero attached hydrogens (tertiary/aromatic N) is 1.